The molecule has 0 aliphatic carbocycles. The van der Waals surface area contributed by atoms with Gasteiger partial charge in [-0.25, -0.2) is 0 Å². The molecule has 90 valence electrons. The van der Waals surface area contributed by atoms with Crippen LogP contribution >= 0.6 is 17.8 Å². The number of hydrogen-bond acceptors (Lipinski definition) is 2. The number of halogens is 2. The molecule has 0 saturated heterocycles. The number of rotatable bonds is 8. The third kappa shape index (κ3) is 11.1. The van der Waals surface area contributed by atoms with E-state index in [2.05, 4.69) is 6.92 Å². The summed E-state index contributed by atoms with van der Waals surface area (Å²) >= 11 is -3.46. The molecular weight excluding hydrogens is 342 g/mol. The summed E-state index contributed by atoms with van der Waals surface area (Å²) in [6, 6.07) is 0. The van der Waals surface area contributed by atoms with Crippen LogP contribution in [-0.2, 0) is 7.87 Å². The quantitative estimate of drug-likeness (QED) is 0.475. The van der Waals surface area contributed by atoms with Gasteiger partial charge in [0, 0.05) is 0 Å². The van der Waals surface area contributed by atoms with Crippen LogP contribution < -0.4 is 0 Å². The molecule has 0 saturated carbocycles. The summed E-state index contributed by atoms with van der Waals surface area (Å²) < 4.78 is 5.68. The molecule has 2 nitrogen and oxygen atoms in total. The molecule has 5 heteroatoms. The molecule has 0 aromatic rings. The molecule has 0 amide bonds. The first-order valence-electron chi connectivity index (χ1n) is 5.55. The Bertz CT molecular complexity index is 186. The van der Waals surface area contributed by atoms with Gasteiger partial charge in [-0.3, -0.25) is 0 Å². The maximum atomic E-state index is 10.7. The van der Waals surface area contributed by atoms with E-state index in [1.807, 2.05) is 0 Å². The summed E-state index contributed by atoms with van der Waals surface area (Å²) in [5.41, 5.74) is 0. The first kappa shape index (κ1) is 15.8. The van der Waals surface area contributed by atoms with E-state index in [-0.39, 0.29) is 5.97 Å². The van der Waals surface area contributed by atoms with Gasteiger partial charge >= 0.3 is 105 Å². The van der Waals surface area contributed by atoms with Crippen molar-refractivity contribution >= 4 is 40.3 Å². The molecule has 0 atom stereocenters. The fourth-order valence-electron chi connectivity index (χ4n) is 1.37. The van der Waals surface area contributed by atoms with E-state index >= 15 is 0 Å². The molecular formula is C10H20Cl2O2Sn. The monoisotopic (exact) mass is 362 g/mol. The van der Waals surface area contributed by atoms with Crippen molar-refractivity contribution in [3.8, 4) is 0 Å². The first-order valence-corrected chi connectivity index (χ1v) is 16.0. The van der Waals surface area contributed by atoms with E-state index < -0.39 is 16.5 Å². The molecule has 0 radical (unpaired) electrons. The second-order valence-corrected chi connectivity index (χ2v) is 18.9. The zero-order chi connectivity index (χ0) is 11.7. The van der Waals surface area contributed by atoms with Gasteiger partial charge in [0.25, 0.3) is 0 Å². The zero-order valence-electron chi connectivity index (χ0n) is 9.52. The van der Waals surface area contributed by atoms with Crippen LogP contribution in [-0.4, -0.2) is 22.5 Å². The Morgan fingerprint density at radius 3 is 2.20 bits per heavy atom. The van der Waals surface area contributed by atoms with Crippen molar-refractivity contribution in [1.82, 2.24) is 0 Å². The summed E-state index contributed by atoms with van der Waals surface area (Å²) in [6.45, 7) is 3.55. The summed E-state index contributed by atoms with van der Waals surface area (Å²) in [5.74, 6) is -0.346. The predicted octanol–water partition coefficient (Wildman–Crippen LogP) is 4.33. The van der Waals surface area contributed by atoms with Crippen LogP contribution in [0.1, 0.15) is 52.4 Å². The van der Waals surface area contributed by atoms with Gasteiger partial charge in [0.2, 0.25) is 0 Å². The van der Waals surface area contributed by atoms with Crippen LogP contribution in [0.5, 0.6) is 0 Å². The molecule has 0 aromatic carbocycles. The van der Waals surface area contributed by atoms with Crippen molar-refractivity contribution in [1.29, 1.82) is 0 Å². The van der Waals surface area contributed by atoms with E-state index in [0.29, 0.717) is 4.44 Å². The summed E-state index contributed by atoms with van der Waals surface area (Å²) in [6.07, 6.45) is 7.17. The van der Waals surface area contributed by atoms with Gasteiger partial charge < -0.3 is 0 Å². The van der Waals surface area contributed by atoms with Crippen molar-refractivity contribution in [2.45, 2.75) is 56.8 Å². The van der Waals surface area contributed by atoms with E-state index in [0.717, 1.165) is 12.8 Å². The number of carbonyl (C=O) groups is 1. The molecule has 0 unspecified atom stereocenters. The van der Waals surface area contributed by atoms with Crippen molar-refractivity contribution in [2.24, 2.45) is 0 Å². The molecule has 15 heavy (non-hydrogen) atoms. The Hall–Kier alpha value is 0.849. The topological polar surface area (TPSA) is 26.3 Å². The minimum absolute atomic E-state index is 0.346. The standard InChI is InChI=1S/C8H17.C2H4O2.2ClH.Sn/c1-3-5-7-8-6-4-2;1-2(3)4;;;/h1,3-8H2,2H3;1H3,(H,3,4);2*1H;/q;;;;+3/p-3. The van der Waals surface area contributed by atoms with Gasteiger partial charge in [-0.15, -0.1) is 0 Å². The second kappa shape index (κ2) is 8.94. The third-order valence-electron chi connectivity index (χ3n) is 2.11. The molecule has 0 aliphatic heterocycles. The van der Waals surface area contributed by atoms with Gasteiger partial charge in [0.1, 0.15) is 0 Å². The Morgan fingerprint density at radius 2 is 1.67 bits per heavy atom. The van der Waals surface area contributed by atoms with E-state index in [1.165, 1.54) is 32.6 Å². The first-order chi connectivity index (χ1) is 6.98. The van der Waals surface area contributed by atoms with Crippen molar-refractivity contribution in [3.05, 3.63) is 0 Å². The average molecular weight is 362 g/mol. The van der Waals surface area contributed by atoms with Crippen LogP contribution in [0.25, 0.3) is 0 Å². The second-order valence-electron chi connectivity index (χ2n) is 3.75. The fourth-order valence-corrected chi connectivity index (χ4v) is 8.00. The molecule has 0 fully saturated rings. The normalized spacial score (nSPS) is 11.5. The zero-order valence-corrected chi connectivity index (χ0v) is 13.9. The van der Waals surface area contributed by atoms with Crippen LogP contribution in [0.3, 0.4) is 0 Å². The van der Waals surface area contributed by atoms with E-state index in [1.54, 1.807) is 0 Å². The molecule has 0 N–H and O–H groups in total. The molecule has 0 spiro atoms. The Morgan fingerprint density at radius 1 is 1.13 bits per heavy atom. The number of unbranched alkanes of at least 4 members (excludes halogenated alkanes) is 5. The Kier molecular flexibility index (Phi) is 9.44. The molecule has 0 aliphatic rings. The number of carbonyl (C=O) groups excluding carboxylic acids is 1. The van der Waals surface area contributed by atoms with Crippen molar-refractivity contribution in [2.75, 3.05) is 0 Å². The fraction of sp³-hybridized carbons (Fsp3) is 0.900. The van der Waals surface area contributed by atoms with Crippen LogP contribution in [0.2, 0.25) is 4.44 Å². The predicted molar refractivity (Wildman–Crippen MR) is 67.4 cm³/mol. The molecule has 0 bridgehead atoms. The molecule has 0 aromatic heterocycles. The van der Waals surface area contributed by atoms with Gasteiger partial charge in [-0.2, -0.15) is 0 Å². The van der Waals surface area contributed by atoms with Crippen LogP contribution in [0.4, 0.5) is 0 Å². The Balaban J connectivity index is 3.44. The van der Waals surface area contributed by atoms with E-state index in [4.69, 9.17) is 20.9 Å². The summed E-state index contributed by atoms with van der Waals surface area (Å²) in [5, 5.41) is 0. The van der Waals surface area contributed by atoms with Crippen LogP contribution in [0, 0.1) is 0 Å². The van der Waals surface area contributed by atoms with Gasteiger partial charge in [0.05, 0.1) is 0 Å². The van der Waals surface area contributed by atoms with Crippen LogP contribution in [0.15, 0.2) is 0 Å². The molecule has 0 rings (SSSR count). The van der Waals surface area contributed by atoms with E-state index in [9.17, 15) is 4.79 Å². The minimum atomic E-state index is -3.46. The maximum absolute atomic E-state index is 10.7. The summed E-state index contributed by atoms with van der Waals surface area (Å²) in [4.78, 5) is 10.7. The van der Waals surface area contributed by atoms with Crippen molar-refractivity contribution in [3.63, 3.8) is 0 Å². The van der Waals surface area contributed by atoms with Gasteiger partial charge in [-0.05, 0) is 0 Å². The van der Waals surface area contributed by atoms with Gasteiger partial charge in [-0.1, -0.05) is 0 Å². The molecule has 0 heterocycles. The van der Waals surface area contributed by atoms with Gasteiger partial charge in [0.15, 0.2) is 0 Å². The average Bonchev–Trinajstić information content (AvgIpc) is 2.08. The number of hydrogen-bond donors (Lipinski definition) is 0. The SMILES string of the molecule is CCCCCCC[CH2][Sn]([Cl])([Cl])[O]C(C)=O. The van der Waals surface area contributed by atoms with Crippen molar-refractivity contribution < 1.29 is 7.87 Å². The third-order valence-corrected chi connectivity index (χ3v) is 10.0. The Labute approximate surface area is 105 Å². The summed E-state index contributed by atoms with van der Waals surface area (Å²) in [7, 11) is 12.0.